The zero-order valence-corrected chi connectivity index (χ0v) is 13.6. The third-order valence-corrected chi connectivity index (χ3v) is 3.96. The molecule has 0 unspecified atom stereocenters. The van der Waals surface area contributed by atoms with E-state index in [4.69, 9.17) is 9.47 Å². The first-order valence-electron chi connectivity index (χ1n) is 7.74. The Kier molecular flexibility index (Phi) is 5.30. The Labute approximate surface area is 153 Å². The topological polar surface area (TPSA) is 44.9 Å². The number of rotatable bonds is 3. The molecule has 1 saturated heterocycles. The summed E-state index contributed by atoms with van der Waals surface area (Å²) in [5.41, 5.74) is 2.32. The minimum atomic E-state index is 0. The second-order valence-electron chi connectivity index (χ2n) is 5.55. The van der Waals surface area contributed by atoms with Crippen LogP contribution in [0.5, 0.6) is 0 Å². The van der Waals surface area contributed by atoms with Crippen LogP contribution in [0.1, 0.15) is 23.2 Å². The summed E-state index contributed by atoms with van der Waals surface area (Å²) >= 11 is 0. The molecule has 2 atom stereocenters. The van der Waals surface area contributed by atoms with E-state index in [1.807, 2.05) is 36.4 Å². The van der Waals surface area contributed by atoms with Gasteiger partial charge in [0.25, 0.3) is 0 Å². The van der Waals surface area contributed by atoms with Crippen molar-refractivity contribution in [3.05, 3.63) is 89.1 Å². The molecule has 0 spiro atoms. The molecular weight excluding hydrogens is 295 g/mol. The van der Waals surface area contributed by atoms with E-state index in [-0.39, 0.29) is 30.9 Å². The molecule has 0 radical (unpaired) electrons. The van der Waals surface area contributed by atoms with E-state index in [9.17, 15) is 0 Å². The quantitative estimate of drug-likeness (QED) is 0.798. The fraction of sp³-hybridized carbons (Fsp3) is 0.211. The Morgan fingerprint density at radius 2 is 1.54 bits per heavy atom. The van der Waals surface area contributed by atoms with Gasteiger partial charge in [-0.2, -0.15) is 0 Å². The Morgan fingerprint density at radius 1 is 0.875 bits per heavy atom. The second-order valence-corrected chi connectivity index (χ2v) is 5.55. The van der Waals surface area contributed by atoms with E-state index in [2.05, 4.69) is 34.6 Å². The molecule has 1 fully saturated rings. The van der Waals surface area contributed by atoms with Gasteiger partial charge in [0.1, 0.15) is 12.6 Å². The predicted octanol–water partition coefficient (Wildman–Crippen LogP) is 1.15. The summed E-state index contributed by atoms with van der Waals surface area (Å²) in [6.07, 6.45) is 1.78. The van der Waals surface area contributed by atoms with E-state index in [1.165, 1.54) is 0 Å². The van der Waals surface area contributed by atoms with Crippen molar-refractivity contribution < 1.29 is 28.3 Å². The number of nitrogens with zero attached hydrogens (tertiary/aromatic N) is 2. The number of benzene rings is 2. The molecule has 2 aliphatic heterocycles. The number of hydrogen-bond acceptors (Lipinski definition) is 3. The minimum absolute atomic E-state index is 0. The van der Waals surface area contributed by atoms with Crippen molar-refractivity contribution >= 4 is 5.90 Å². The molecule has 2 heterocycles. The van der Waals surface area contributed by atoms with Crippen LogP contribution in [0.4, 0.5) is 0 Å². The third kappa shape index (κ3) is 3.67. The minimum Gasteiger partial charge on any atom is -0.645 e. The van der Waals surface area contributed by atoms with Gasteiger partial charge in [0.2, 0.25) is 5.90 Å². The first-order valence-corrected chi connectivity index (χ1v) is 7.74. The van der Waals surface area contributed by atoms with Crippen LogP contribution in [-0.4, -0.2) is 19.1 Å². The van der Waals surface area contributed by atoms with Crippen LogP contribution in [0.25, 0.3) is 5.32 Å². The van der Waals surface area contributed by atoms with Crippen molar-refractivity contribution in [1.82, 2.24) is 0 Å². The van der Waals surface area contributed by atoms with Crippen molar-refractivity contribution in [2.45, 2.75) is 12.1 Å². The summed E-state index contributed by atoms with van der Waals surface area (Å²) in [5.74, 6) is 1.18. The molecule has 0 saturated carbocycles. The van der Waals surface area contributed by atoms with E-state index in [0.717, 1.165) is 11.1 Å². The van der Waals surface area contributed by atoms with Gasteiger partial charge in [-0.05, 0) is 5.56 Å². The molecule has 0 amide bonds. The fourth-order valence-corrected chi connectivity index (χ4v) is 2.74. The summed E-state index contributed by atoms with van der Waals surface area (Å²) in [4.78, 5) is 4.60. The van der Waals surface area contributed by atoms with Gasteiger partial charge in [-0.1, -0.05) is 72.3 Å². The Bertz CT molecular complexity index is 732. The fourth-order valence-electron chi connectivity index (χ4n) is 2.74. The molecular formula is C19H17LiN2O2. The van der Waals surface area contributed by atoms with Gasteiger partial charge in [-0.3, -0.25) is 0 Å². The maximum absolute atomic E-state index is 5.66. The molecule has 0 aromatic heterocycles. The van der Waals surface area contributed by atoms with Crippen molar-refractivity contribution in [1.29, 1.82) is 0 Å². The van der Waals surface area contributed by atoms with E-state index >= 15 is 0 Å². The zero-order valence-electron chi connectivity index (χ0n) is 13.6. The predicted molar refractivity (Wildman–Crippen MR) is 89.1 cm³/mol. The normalized spacial score (nSPS) is 23.7. The van der Waals surface area contributed by atoms with Crippen LogP contribution in [0.15, 0.2) is 77.6 Å². The first kappa shape index (κ1) is 16.7. The maximum Gasteiger partial charge on any atom is 1.00 e. The molecule has 4 rings (SSSR count). The van der Waals surface area contributed by atoms with Crippen LogP contribution < -0.4 is 18.9 Å². The molecule has 2 aromatic carbocycles. The van der Waals surface area contributed by atoms with Gasteiger partial charge >= 0.3 is 18.9 Å². The van der Waals surface area contributed by atoms with Gasteiger partial charge in [-0.25, -0.2) is 4.99 Å². The molecule has 0 bridgehead atoms. The summed E-state index contributed by atoms with van der Waals surface area (Å²) in [7, 11) is 0. The van der Waals surface area contributed by atoms with Crippen LogP contribution >= 0.6 is 0 Å². The summed E-state index contributed by atoms with van der Waals surface area (Å²) in [6, 6.07) is 20.4. The molecule has 2 aromatic rings. The molecule has 5 heteroatoms. The van der Waals surface area contributed by atoms with Crippen molar-refractivity contribution in [2.24, 2.45) is 4.99 Å². The van der Waals surface area contributed by atoms with Crippen molar-refractivity contribution in [2.75, 3.05) is 13.2 Å². The molecule has 0 N–H and O–H groups in total. The first-order chi connectivity index (χ1) is 11.4. The van der Waals surface area contributed by atoms with Crippen LogP contribution in [0, 0.1) is 0 Å². The van der Waals surface area contributed by atoms with E-state index in [0.29, 0.717) is 25.0 Å². The van der Waals surface area contributed by atoms with Crippen molar-refractivity contribution in [3.63, 3.8) is 0 Å². The summed E-state index contributed by atoms with van der Waals surface area (Å²) < 4.78 is 11.3. The smallest absolute Gasteiger partial charge is 0.645 e. The van der Waals surface area contributed by atoms with E-state index in [1.54, 1.807) is 6.08 Å². The largest absolute Gasteiger partial charge is 1.00 e. The van der Waals surface area contributed by atoms with Crippen molar-refractivity contribution in [3.8, 4) is 0 Å². The van der Waals surface area contributed by atoms with Gasteiger partial charge in [0.15, 0.2) is 0 Å². The van der Waals surface area contributed by atoms with Gasteiger partial charge in [0.05, 0.1) is 6.61 Å². The molecule has 2 aliphatic rings. The average Bonchev–Trinajstić information content (AvgIpc) is 3.27. The monoisotopic (exact) mass is 312 g/mol. The number of ether oxygens (including phenoxy) is 2. The number of hydrogen-bond donors (Lipinski definition) is 0. The molecule has 24 heavy (non-hydrogen) atoms. The zero-order chi connectivity index (χ0) is 15.5. The van der Waals surface area contributed by atoms with Crippen LogP contribution in [0.3, 0.4) is 0 Å². The van der Waals surface area contributed by atoms with Crippen LogP contribution in [0.2, 0.25) is 0 Å². The SMILES string of the molecule is C(/C1=N[C@@H](c2ccccc2)CO1)=C1/[N-][C@@H](c2ccccc2)CO1.[Li+]. The standard InChI is InChI=1S/C19H17N2O2.Li/c1-3-7-14(8-4-1)16-12-22-18(20-16)11-19-21-17(13-23-19)15-9-5-2-6-10-15;/h1-11,16-17H,12-13H2;/q-1;+1/b18-11+;/t16-,17-;/m1./s1. The summed E-state index contributed by atoms with van der Waals surface area (Å²) in [6.45, 7) is 1.12. The van der Waals surface area contributed by atoms with Gasteiger partial charge in [0, 0.05) is 12.0 Å². The Hall–Kier alpha value is -2.15. The maximum atomic E-state index is 5.66. The molecule has 4 nitrogen and oxygen atoms in total. The van der Waals surface area contributed by atoms with Gasteiger partial charge < -0.3 is 14.8 Å². The number of aliphatic imine (C=N–C) groups is 1. The van der Waals surface area contributed by atoms with Gasteiger partial charge in [-0.15, -0.1) is 0 Å². The molecule has 0 aliphatic carbocycles. The Balaban J connectivity index is 0.00000169. The van der Waals surface area contributed by atoms with E-state index < -0.39 is 0 Å². The third-order valence-electron chi connectivity index (χ3n) is 3.96. The average molecular weight is 312 g/mol. The molecule has 116 valence electrons. The second kappa shape index (κ2) is 7.61. The Morgan fingerprint density at radius 3 is 2.25 bits per heavy atom. The van der Waals surface area contributed by atoms with Crippen LogP contribution in [-0.2, 0) is 9.47 Å². The summed E-state index contributed by atoms with van der Waals surface area (Å²) in [5, 5.41) is 4.60.